The van der Waals surface area contributed by atoms with Crippen LogP contribution in [0.1, 0.15) is 0 Å². The quantitative estimate of drug-likeness (QED) is 0.636. The number of hydrogen-bond donors (Lipinski definition) is 1. The van der Waals surface area contributed by atoms with Crippen LogP contribution < -0.4 is 10.1 Å². The van der Waals surface area contributed by atoms with E-state index in [-0.39, 0.29) is 18.3 Å². The Hall–Kier alpha value is -2.38. The lowest BCUT2D eigenvalue weighted by molar-refractivity contribution is -0.118. The molecule has 0 aliphatic carbocycles. The van der Waals surface area contributed by atoms with E-state index in [1.807, 2.05) is 35.9 Å². The standard InChI is InChI=1S/C18H15FN2O2S2/c1-24-15-8-2-12(3-9-15)16-11-25-18(20-16)21-17(22)10-23-14-6-4-13(19)5-7-14/h2-9,11H,10H2,1H3,(H,20,21,22). The summed E-state index contributed by atoms with van der Waals surface area (Å²) in [5, 5.41) is 5.11. The van der Waals surface area contributed by atoms with Crippen molar-refractivity contribution in [3.8, 4) is 17.0 Å². The molecule has 7 heteroatoms. The van der Waals surface area contributed by atoms with Crippen LogP contribution in [0.5, 0.6) is 5.75 Å². The number of halogens is 1. The summed E-state index contributed by atoms with van der Waals surface area (Å²) in [5.74, 6) is -0.231. The molecule has 0 fully saturated rings. The first-order valence-electron chi connectivity index (χ1n) is 7.42. The minimum absolute atomic E-state index is 0.164. The third kappa shape index (κ3) is 4.80. The van der Waals surface area contributed by atoms with Crippen LogP contribution >= 0.6 is 23.1 Å². The van der Waals surface area contributed by atoms with Crippen molar-refractivity contribution in [2.24, 2.45) is 0 Å². The Morgan fingerprint density at radius 1 is 1.20 bits per heavy atom. The van der Waals surface area contributed by atoms with Crippen LogP contribution in [0.2, 0.25) is 0 Å². The van der Waals surface area contributed by atoms with Gasteiger partial charge in [0.15, 0.2) is 11.7 Å². The summed E-state index contributed by atoms with van der Waals surface area (Å²) in [7, 11) is 0. The van der Waals surface area contributed by atoms with Crippen LogP contribution in [0.4, 0.5) is 9.52 Å². The summed E-state index contributed by atoms with van der Waals surface area (Å²) in [5.41, 5.74) is 1.81. The second-order valence-electron chi connectivity index (χ2n) is 5.06. The first kappa shape index (κ1) is 17.4. The van der Waals surface area contributed by atoms with Gasteiger partial charge in [0.2, 0.25) is 0 Å². The van der Waals surface area contributed by atoms with Gasteiger partial charge in [0.25, 0.3) is 5.91 Å². The maximum absolute atomic E-state index is 12.8. The molecule has 0 unspecified atom stereocenters. The minimum Gasteiger partial charge on any atom is -0.484 e. The van der Waals surface area contributed by atoms with Gasteiger partial charge in [-0.15, -0.1) is 23.1 Å². The summed E-state index contributed by atoms with van der Waals surface area (Å²) in [6.07, 6.45) is 2.03. The predicted molar refractivity (Wildman–Crippen MR) is 99.9 cm³/mol. The van der Waals surface area contributed by atoms with Gasteiger partial charge in [0.05, 0.1) is 5.69 Å². The second kappa shape index (κ2) is 8.13. The van der Waals surface area contributed by atoms with E-state index in [1.165, 1.54) is 40.5 Å². The number of anilines is 1. The highest BCUT2D eigenvalue weighted by atomic mass is 32.2. The average Bonchev–Trinajstić information content (AvgIpc) is 3.10. The molecule has 128 valence electrons. The van der Waals surface area contributed by atoms with E-state index in [9.17, 15) is 9.18 Å². The number of benzene rings is 2. The molecule has 0 radical (unpaired) electrons. The van der Waals surface area contributed by atoms with Crippen LogP contribution in [-0.2, 0) is 4.79 Å². The monoisotopic (exact) mass is 374 g/mol. The van der Waals surface area contributed by atoms with Crippen molar-refractivity contribution < 1.29 is 13.9 Å². The molecule has 3 rings (SSSR count). The molecular formula is C18H15FN2O2S2. The Balaban J connectivity index is 1.56. The Morgan fingerprint density at radius 2 is 1.92 bits per heavy atom. The maximum Gasteiger partial charge on any atom is 0.264 e. The number of nitrogens with zero attached hydrogens (tertiary/aromatic N) is 1. The van der Waals surface area contributed by atoms with Crippen molar-refractivity contribution in [1.82, 2.24) is 4.98 Å². The number of hydrogen-bond acceptors (Lipinski definition) is 5. The van der Waals surface area contributed by atoms with Gasteiger partial charge in [0.1, 0.15) is 11.6 Å². The van der Waals surface area contributed by atoms with Gasteiger partial charge in [-0.2, -0.15) is 0 Å². The SMILES string of the molecule is CSc1ccc(-c2csc(NC(=O)COc3ccc(F)cc3)n2)cc1. The van der Waals surface area contributed by atoms with E-state index in [0.29, 0.717) is 10.9 Å². The largest absolute Gasteiger partial charge is 0.484 e. The average molecular weight is 374 g/mol. The Bertz CT molecular complexity index is 848. The molecule has 0 saturated carbocycles. The van der Waals surface area contributed by atoms with Crippen molar-refractivity contribution >= 4 is 34.1 Å². The Morgan fingerprint density at radius 3 is 2.60 bits per heavy atom. The lowest BCUT2D eigenvalue weighted by Gasteiger charge is -2.05. The highest BCUT2D eigenvalue weighted by Gasteiger charge is 2.09. The molecule has 1 aromatic heterocycles. The van der Waals surface area contributed by atoms with E-state index in [4.69, 9.17) is 4.74 Å². The molecule has 0 aliphatic heterocycles. The third-order valence-corrected chi connectivity index (χ3v) is 4.82. The van der Waals surface area contributed by atoms with Gasteiger partial charge in [-0.25, -0.2) is 9.37 Å². The molecule has 0 aliphatic rings. The third-order valence-electron chi connectivity index (χ3n) is 3.32. The Kier molecular flexibility index (Phi) is 5.67. The minimum atomic E-state index is -0.349. The smallest absolute Gasteiger partial charge is 0.264 e. The number of thiazole rings is 1. The molecule has 0 atom stereocenters. The van der Waals surface area contributed by atoms with Gasteiger partial charge < -0.3 is 4.74 Å². The molecular weight excluding hydrogens is 359 g/mol. The topological polar surface area (TPSA) is 51.2 Å². The summed E-state index contributed by atoms with van der Waals surface area (Å²) < 4.78 is 18.1. The van der Waals surface area contributed by atoms with E-state index in [0.717, 1.165) is 11.3 Å². The summed E-state index contributed by atoms with van der Waals surface area (Å²) >= 11 is 3.03. The number of carbonyl (C=O) groups is 1. The number of rotatable bonds is 6. The van der Waals surface area contributed by atoms with Crippen LogP contribution in [-0.4, -0.2) is 23.8 Å². The number of carbonyl (C=O) groups excluding carboxylic acids is 1. The van der Waals surface area contributed by atoms with E-state index < -0.39 is 0 Å². The van der Waals surface area contributed by atoms with Crippen LogP contribution in [0.3, 0.4) is 0 Å². The summed E-state index contributed by atoms with van der Waals surface area (Å²) in [4.78, 5) is 17.5. The van der Waals surface area contributed by atoms with Crippen LogP contribution in [0, 0.1) is 5.82 Å². The van der Waals surface area contributed by atoms with Crippen molar-refractivity contribution in [2.45, 2.75) is 4.90 Å². The zero-order chi connectivity index (χ0) is 17.6. The second-order valence-corrected chi connectivity index (χ2v) is 6.79. The number of aromatic nitrogens is 1. The fourth-order valence-electron chi connectivity index (χ4n) is 2.06. The highest BCUT2D eigenvalue weighted by Crippen LogP contribution is 2.26. The lowest BCUT2D eigenvalue weighted by atomic mass is 10.2. The molecule has 1 amide bonds. The van der Waals surface area contributed by atoms with Crippen LogP contribution in [0.25, 0.3) is 11.3 Å². The van der Waals surface area contributed by atoms with Crippen molar-refractivity contribution in [3.05, 3.63) is 59.7 Å². The molecule has 0 bridgehead atoms. The number of amides is 1. The molecule has 1 N–H and O–H groups in total. The number of nitrogens with one attached hydrogen (secondary N) is 1. The van der Waals surface area contributed by atoms with Crippen molar-refractivity contribution in [3.63, 3.8) is 0 Å². The molecule has 0 spiro atoms. The van der Waals surface area contributed by atoms with Crippen molar-refractivity contribution in [1.29, 1.82) is 0 Å². The predicted octanol–water partition coefficient (Wildman–Crippen LogP) is 4.69. The first-order valence-corrected chi connectivity index (χ1v) is 9.52. The maximum atomic E-state index is 12.8. The summed E-state index contributed by atoms with van der Waals surface area (Å²) in [6, 6.07) is 13.6. The lowest BCUT2D eigenvalue weighted by Crippen LogP contribution is -2.20. The first-order chi connectivity index (χ1) is 12.1. The van der Waals surface area contributed by atoms with Gasteiger partial charge in [0, 0.05) is 15.8 Å². The summed E-state index contributed by atoms with van der Waals surface area (Å²) in [6.45, 7) is -0.164. The van der Waals surface area contributed by atoms with Gasteiger partial charge in [-0.05, 0) is 42.7 Å². The van der Waals surface area contributed by atoms with Crippen molar-refractivity contribution in [2.75, 3.05) is 18.2 Å². The zero-order valence-electron chi connectivity index (χ0n) is 13.4. The van der Waals surface area contributed by atoms with Gasteiger partial charge in [-0.1, -0.05) is 12.1 Å². The molecule has 0 saturated heterocycles. The number of ether oxygens (including phenoxy) is 1. The van der Waals surface area contributed by atoms with E-state index >= 15 is 0 Å². The van der Waals surface area contributed by atoms with Crippen LogP contribution in [0.15, 0.2) is 58.8 Å². The number of thioether (sulfide) groups is 1. The zero-order valence-corrected chi connectivity index (χ0v) is 15.0. The van der Waals surface area contributed by atoms with E-state index in [1.54, 1.807) is 11.8 Å². The molecule has 1 heterocycles. The van der Waals surface area contributed by atoms with Gasteiger partial charge in [-0.3, -0.25) is 10.1 Å². The highest BCUT2D eigenvalue weighted by molar-refractivity contribution is 7.98. The molecule has 25 heavy (non-hydrogen) atoms. The van der Waals surface area contributed by atoms with Gasteiger partial charge >= 0.3 is 0 Å². The van der Waals surface area contributed by atoms with E-state index in [2.05, 4.69) is 10.3 Å². The fourth-order valence-corrected chi connectivity index (χ4v) is 3.20. The Labute approximate surface area is 153 Å². The fraction of sp³-hybridized carbons (Fsp3) is 0.111. The molecule has 2 aromatic carbocycles. The molecule has 3 aromatic rings. The molecule has 4 nitrogen and oxygen atoms in total. The normalized spacial score (nSPS) is 10.5.